The van der Waals surface area contributed by atoms with Gasteiger partial charge < -0.3 is 10.1 Å². The number of benzene rings is 2. The fraction of sp³-hybridized carbons (Fsp3) is 0.235. The quantitative estimate of drug-likeness (QED) is 0.843. The number of carbonyl (C=O) groups excluding carboxylic acids is 1. The molecule has 0 saturated heterocycles. The molecule has 1 aliphatic rings. The summed E-state index contributed by atoms with van der Waals surface area (Å²) >= 11 is 0. The van der Waals surface area contributed by atoms with E-state index in [-0.39, 0.29) is 6.04 Å². The van der Waals surface area contributed by atoms with Gasteiger partial charge >= 0.3 is 12.1 Å². The summed E-state index contributed by atoms with van der Waals surface area (Å²) in [6.45, 7) is 0. The normalized spacial score (nSPS) is 16.6. The van der Waals surface area contributed by atoms with Crippen LogP contribution in [-0.4, -0.2) is 13.1 Å². The van der Waals surface area contributed by atoms with Crippen molar-refractivity contribution in [3.05, 3.63) is 64.7 Å². The Kier molecular flexibility index (Phi) is 3.75. The van der Waals surface area contributed by atoms with Crippen LogP contribution >= 0.6 is 0 Å². The molecule has 1 heterocycles. The number of ether oxygens (including phenoxy) is 1. The summed E-state index contributed by atoms with van der Waals surface area (Å²) in [6, 6.07) is 10.2. The third-order valence-electron chi connectivity index (χ3n) is 3.94. The average Bonchev–Trinajstić information content (AvgIpc) is 2.97. The van der Waals surface area contributed by atoms with Gasteiger partial charge in [0.15, 0.2) is 0 Å². The summed E-state index contributed by atoms with van der Waals surface area (Å²) in [5.74, 6) is -0.442. The number of rotatable bonds is 2. The fourth-order valence-corrected chi connectivity index (χ4v) is 2.77. The molecule has 120 valence electrons. The molecule has 1 N–H and O–H groups in total. The Morgan fingerprint density at radius 2 is 1.87 bits per heavy atom. The smallest absolute Gasteiger partial charge is 0.416 e. The minimum Gasteiger partial charge on any atom is -0.465 e. The Labute approximate surface area is 131 Å². The van der Waals surface area contributed by atoms with Crippen molar-refractivity contribution in [3.63, 3.8) is 0 Å². The van der Waals surface area contributed by atoms with Crippen molar-refractivity contribution in [2.75, 3.05) is 12.4 Å². The Balaban J connectivity index is 1.86. The monoisotopic (exact) mass is 321 g/mol. The van der Waals surface area contributed by atoms with E-state index >= 15 is 0 Å². The van der Waals surface area contributed by atoms with Crippen LogP contribution in [0.1, 0.15) is 33.1 Å². The second kappa shape index (κ2) is 5.61. The van der Waals surface area contributed by atoms with Crippen LogP contribution < -0.4 is 5.32 Å². The van der Waals surface area contributed by atoms with Gasteiger partial charge in [0.1, 0.15) is 0 Å². The first-order valence-corrected chi connectivity index (χ1v) is 7.04. The predicted octanol–water partition coefficient (Wildman–Crippen LogP) is 4.20. The highest BCUT2D eigenvalue weighted by atomic mass is 19.4. The molecule has 0 saturated carbocycles. The largest absolute Gasteiger partial charge is 0.465 e. The Morgan fingerprint density at radius 3 is 2.48 bits per heavy atom. The van der Waals surface area contributed by atoms with Gasteiger partial charge in [0.25, 0.3) is 0 Å². The summed E-state index contributed by atoms with van der Waals surface area (Å²) in [7, 11) is 1.31. The topological polar surface area (TPSA) is 38.3 Å². The number of hydrogen-bond acceptors (Lipinski definition) is 3. The number of hydrogen-bond donors (Lipinski definition) is 1. The van der Waals surface area contributed by atoms with Crippen LogP contribution in [0.25, 0.3) is 0 Å². The molecule has 23 heavy (non-hydrogen) atoms. The van der Waals surface area contributed by atoms with Crippen LogP contribution in [0.15, 0.2) is 42.5 Å². The van der Waals surface area contributed by atoms with Gasteiger partial charge in [-0.3, -0.25) is 0 Å². The lowest BCUT2D eigenvalue weighted by Crippen LogP contribution is -2.10. The first kappa shape index (κ1) is 15.4. The number of para-hydroxylation sites is 1. The van der Waals surface area contributed by atoms with E-state index in [0.29, 0.717) is 17.7 Å². The van der Waals surface area contributed by atoms with Gasteiger partial charge in [-0.15, -0.1) is 0 Å². The Morgan fingerprint density at radius 1 is 1.17 bits per heavy atom. The van der Waals surface area contributed by atoms with Crippen molar-refractivity contribution in [1.82, 2.24) is 0 Å². The molecule has 1 aliphatic heterocycles. The first-order chi connectivity index (χ1) is 10.9. The lowest BCUT2D eigenvalue weighted by Gasteiger charge is -2.14. The van der Waals surface area contributed by atoms with Gasteiger partial charge in [-0.2, -0.15) is 13.2 Å². The SMILES string of the molecule is COC(=O)c1cccc2c1N[C@H](c1ccc(C(F)(F)F)cc1)C2. The van der Waals surface area contributed by atoms with E-state index in [4.69, 9.17) is 4.74 Å². The molecule has 2 aromatic carbocycles. The van der Waals surface area contributed by atoms with Crippen LogP contribution in [0, 0.1) is 0 Å². The summed E-state index contributed by atoms with van der Waals surface area (Å²) in [5, 5.41) is 3.21. The average molecular weight is 321 g/mol. The third-order valence-corrected chi connectivity index (χ3v) is 3.94. The van der Waals surface area contributed by atoms with Gasteiger partial charge in [0.2, 0.25) is 0 Å². The summed E-state index contributed by atoms with van der Waals surface area (Å²) in [5.41, 5.74) is 2.12. The maximum Gasteiger partial charge on any atom is 0.416 e. The van der Waals surface area contributed by atoms with Gasteiger partial charge in [-0.25, -0.2) is 4.79 Å². The van der Waals surface area contributed by atoms with Crippen LogP contribution in [0.5, 0.6) is 0 Å². The zero-order chi connectivity index (χ0) is 16.6. The highest BCUT2D eigenvalue weighted by molar-refractivity contribution is 5.97. The lowest BCUT2D eigenvalue weighted by molar-refractivity contribution is -0.137. The molecule has 6 heteroatoms. The van der Waals surface area contributed by atoms with Gasteiger partial charge in [-0.1, -0.05) is 24.3 Å². The molecule has 3 nitrogen and oxygen atoms in total. The molecule has 0 fully saturated rings. The van der Waals surface area contributed by atoms with E-state index in [1.807, 2.05) is 6.07 Å². The molecule has 2 aromatic rings. The molecule has 0 aliphatic carbocycles. The predicted molar refractivity (Wildman–Crippen MR) is 79.3 cm³/mol. The number of alkyl halides is 3. The van der Waals surface area contributed by atoms with Crippen LogP contribution in [0.4, 0.5) is 18.9 Å². The fourth-order valence-electron chi connectivity index (χ4n) is 2.77. The van der Waals surface area contributed by atoms with E-state index in [0.717, 1.165) is 23.3 Å². The molecule has 0 bridgehead atoms. The molecule has 0 radical (unpaired) electrons. The van der Waals surface area contributed by atoms with Crippen LogP contribution in [-0.2, 0) is 17.3 Å². The van der Waals surface area contributed by atoms with Gasteiger partial charge in [0.05, 0.1) is 30.0 Å². The van der Waals surface area contributed by atoms with Crippen LogP contribution in [0.3, 0.4) is 0 Å². The van der Waals surface area contributed by atoms with Crippen molar-refractivity contribution in [1.29, 1.82) is 0 Å². The second-order valence-electron chi connectivity index (χ2n) is 5.35. The molecule has 0 aromatic heterocycles. The maximum absolute atomic E-state index is 12.6. The summed E-state index contributed by atoms with van der Waals surface area (Å²) in [4.78, 5) is 11.8. The lowest BCUT2D eigenvalue weighted by atomic mass is 10.0. The van der Waals surface area contributed by atoms with Crippen molar-refractivity contribution in [3.8, 4) is 0 Å². The van der Waals surface area contributed by atoms with Crippen LogP contribution in [0.2, 0.25) is 0 Å². The Hall–Kier alpha value is -2.50. The second-order valence-corrected chi connectivity index (χ2v) is 5.35. The highest BCUT2D eigenvalue weighted by Gasteiger charge is 2.31. The van der Waals surface area contributed by atoms with Gasteiger partial charge in [0, 0.05) is 0 Å². The Bertz CT molecular complexity index is 738. The molecular weight excluding hydrogens is 307 g/mol. The van der Waals surface area contributed by atoms with E-state index in [1.54, 1.807) is 12.1 Å². The number of fused-ring (bicyclic) bond motifs is 1. The molecule has 0 unspecified atom stereocenters. The standard InChI is InChI=1S/C17H14F3NO2/c1-23-16(22)13-4-2-3-11-9-14(21-15(11)13)10-5-7-12(8-6-10)17(18,19)20/h2-8,14,21H,9H2,1H3/t14-/m0/s1. The zero-order valence-corrected chi connectivity index (χ0v) is 12.3. The van der Waals surface area contributed by atoms with Crippen molar-refractivity contribution in [2.24, 2.45) is 0 Å². The molecular formula is C17H14F3NO2. The van der Waals surface area contributed by atoms with E-state index in [9.17, 15) is 18.0 Å². The number of carbonyl (C=O) groups is 1. The zero-order valence-electron chi connectivity index (χ0n) is 12.3. The highest BCUT2D eigenvalue weighted by Crippen LogP contribution is 2.37. The minimum atomic E-state index is -4.34. The molecule has 1 atom stereocenters. The van der Waals surface area contributed by atoms with E-state index < -0.39 is 17.7 Å². The number of nitrogens with one attached hydrogen (secondary N) is 1. The number of halogens is 3. The van der Waals surface area contributed by atoms with E-state index in [1.165, 1.54) is 19.2 Å². The third kappa shape index (κ3) is 2.88. The molecule has 0 spiro atoms. The number of esters is 1. The maximum atomic E-state index is 12.6. The first-order valence-electron chi connectivity index (χ1n) is 7.04. The molecule has 3 rings (SSSR count). The minimum absolute atomic E-state index is 0.168. The van der Waals surface area contributed by atoms with Crippen molar-refractivity contribution in [2.45, 2.75) is 18.6 Å². The number of methoxy groups -OCH3 is 1. The number of anilines is 1. The summed E-state index contributed by atoms with van der Waals surface area (Å²) < 4.78 is 42.6. The summed E-state index contributed by atoms with van der Waals surface area (Å²) in [6.07, 6.45) is -3.74. The van der Waals surface area contributed by atoms with E-state index in [2.05, 4.69) is 5.32 Å². The van der Waals surface area contributed by atoms with Crippen molar-refractivity contribution < 1.29 is 22.7 Å². The van der Waals surface area contributed by atoms with Gasteiger partial charge in [-0.05, 0) is 35.7 Å². The molecule has 0 amide bonds. The van der Waals surface area contributed by atoms with Crippen molar-refractivity contribution >= 4 is 11.7 Å².